The van der Waals surface area contributed by atoms with Crippen LogP contribution in [-0.4, -0.2) is 40.7 Å². The Morgan fingerprint density at radius 2 is 2.56 bits per heavy atom. The van der Waals surface area contributed by atoms with Crippen molar-refractivity contribution in [3.63, 3.8) is 0 Å². The average Bonchev–Trinajstić information content (AvgIpc) is 2.86. The third-order valence-electron chi connectivity index (χ3n) is 2.71. The number of likely N-dealkylation sites (tertiary alicyclic amines) is 1. The maximum atomic E-state index is 9.43. The number of aliphatic hydroxyl groups is 1. The molecule has 0 radical (unpaired) electrons. The summed E-state index contributed by atoms with van der Waals surface area (Å²) in [7, 11) is 0. The Labute approximate surface area is 100 Å². The number of hydrogen-bond donors (Lipinski definition) is 2. The molecular formula is C11H19N3OS. The summed E-state index contributed by atoms with van der Waals surface area (Å²) in [6.07, 6.45) is 3.82. The number of β-amino-alcohol motifs (C(OH)–C–C–N with tert-alkyl or cyclic N) is 1. The van der Waals surface area contributed by atoms with Gasteiger partial charge in [-0.2, -0.15) is 0 Å². The van der Waals surface area contributed by atoms with Gasteiger partial charge < -0.3 is 10.4 Å². The van der Waals surface area contributed by atoms with Crippen LogP contribution in [-0.2, 0) is 6.54 Å². The van der Waals surface area contributed by atoms with Crippen molar-refractivity contribution in [3.8, 4) is 0 Å². The lowest BCUT2D eigenvalue weighted by molar-refractivity contribution is 0.175. The third kappa shape index (κ3) is 3.17. The first kappa shape index (κ1) is 11.8. The van der Waals surface area contributed by atoms with Gasteiger partial charge in [0.1, 0.15) is 0 Å². The number of thiazole rings is 1. The summed E-state index contributed by atoms with van der Waals surface area (Å²) in [5.74, 6) is 0. The predicted molar refractivity (Wildman–Crippen MR) is 66.8 cm³/mol. The normalized spacial score (nSPS) is 21.5. The van der Waals surface area contributed by atoms with Crippen LogP contribution in [0.2, 0.25) is 0 Å². The Morgan fingerprint density at radius 1 is 1.69 bits per heavy atom. The molecule has 16 heavy (non-hydrogen) atoms. The molecular weight excluding hydrogens is 222 g/mol. The number of rotatable bonds is 5. The van der Waals surface area contributed by atoms with E-state index in [2.05, 4.69) is 22.1 Å². The van der Waals surface area contributed by atoms with E-state index in [-0.39, 0.29) is 6.10 Å². The number of aliphatic hydroxyl groups excluding tert-OH is 1. The van der Waals surface area contributed by atoms with Crippen LogP contribution in [0.15, 0.2) is 6.20 Å². The Balaban J connectivity index is 1.83. The highest BCUT2D eigenvalue weighted by Crippen LogP contribution is 2.21. The first-order valence-corrected chi connectivity index (χ1v) is 6.68. The van der Waals surface area contributed by atoms with Gasteiger partial charge >= 0.3 is 0 Å². The minimum absolute atomic E-state index is 0.134. The highest BCUT2D eigenvalue weighted by atomic mass is 32.1. The highest BCUT2D eigenvalue weighted by molar-refractivity contribution is 7.15. The molecule has 0 amide bonds. The van der Waals surface area contributed by atoms with E-state index in [1.54, 1.807) is 11.3 Å². The lowest BCUT2D eigenvalue weighted by Gasteiger charge is -2.12. The van der Waals surface area contributed by atoms with Gasteiger partial charge in [0, 0.05) is 37.3 Å². The molecule has 1 unspecified atom stereocenters. The van der Waals surface area contributed by atoms with Crippen LogP contribution in [0.5, 0.6) is 0 Å². The fourth-order valence-electron chi connectivity index (χ4n) is 1.87. The molecule has 1 aromatic rings. The first-order valence-electron chi connectivity index (χ1n) is 5.87. The van der Waals surface area contributed by atoms with Crippen LogP contribution in [0.1, 0.15) is 24.6 Å². The van der Waals surface area contributed by atoms with E-state index in [1.807, 2.05) is 6.20 Å². The van der Waals surface area contributed by atoms with E-state index in [9.17, 15) is 5.11 Å². The number of nitrogens with zero attached hydrogens (tertiary/aromatic N) is 2. The molecule has 1 aliphatic rings. The molecule has 0 bridgehead atoms. The lowest BCUT2D eigenvalue weighted by atomic mass is 10.3. The van der Waals surface area contributed by atoms with Gasteiger partial charge in [-0.25, -0.2) is 4.98 Å². The van der Waals surface area contributed by atoms with Crippen molar-refractivity contribution in [2.24, 2.45) is 0 Å². The monoisotopic (exact) mass is 241 g/mol. The van der Waals surface area contributed by atoms with Crippen molar-refractivity contribution >= 4 is 16.5 Å². The molecule has 5 heteroatoms. The van der Waals surface area contributed by atoms with E-state index >= 15 is 0 Å². The fourth-order valence-corrected chi connectivity index (χ4v) is 2.75. The molecule has 2 heterocycles. The van der Waals surface area contributed by atoms with E-state index in [0.29, 0.717) is 0 Å². The Hall–Kier alpha value is -0.650. The van der Waals surface area contributed by atoms with Crippen molar-refractivity contribution in [1.82, 2.24) is 9.88 Å². The van der Waals surface area contributed by atoms with Gasteiger partial charge in [0.05, 0.1) is 6.10 Å². The summed E-state index contributed by atoms with van der Waals surface area (Å²) >= 11 is 1.72. The molecule has 2 rings (SSSR count). The molecule has 90 valence electrons. The van der Waals surface area contributed by atoms with Gasteiger partial charge in [0.25, 0.3) is 0 Å². The summed E-state index contributed by atoms with van der Waals surface area (Å²) < 4.78 is 0. The van der Waals surface area contributed by atoms with Crippen LogP contribution in [0.4, 0.5) is 5.13 Å². The Morgan fingerprint density at radius 3 is 3.25 bits per heavy atom. The van der Waals surface area contributed by atoms with Gasteiger partial charge in [-0.3, -0.25) is 4.90 Å². The SMILES string of the molecule is CCCNc1ncc(CN2CCC(O)C2)s1. The summed E-state index contributed by atoms with van der Waals surface area (Å²) in [4.78, 5) is 7.88. The van der Waals surface area contributed by atoms with Crippen molar-refractivity contribution in [1.29, 1.82) is 0 Å². The van der Waals surface area contributed by atoms with E-state index in [1.165, 1.54) is 4.88 Å². The van der Waals surface area contributed by atoms with Crippen molar-refractivity contribution in [3.05, 3.63) is 11.1 Å². The zero-order valence-electron chi connectivity index (χ0n) is 9.65. The van der Waals surface area contributed by atoms with E-state index in [0.717, 1.165) is 44.2 Å². The van der Waals surface area contributed by atoms with Crippen LogP contribution in [0.25, 0.3) is 0 Å². The zero-order valence-corrected chi connectivity index (χ0v) is 10.5. The van der Waals surface area contributed by atoms with Crippen molar-refractivity contribution < 1.29 is 5.11 Å². The number of aromatic nitrogens is 1. The second kappa shape index (κ2) is 5.61. The maximum Gasteiger partial charge on any atom is 0.182 e. The molecule has 2 N–H and O–H groups in total. The molecule has 1 saturated heterocycles. The molecule has 1 aromatic heterocycles. The molecule has 0 aliphatic carbocycles. The van der Waals surface area contributed by atoms with E-state index < -0.39 is 0 Å². The lowest BCUT2D eigenvalue weighted by Crippen LogP contribution is -2.20. The van der Waals surface area contributed by atoms with Gasteiger partial charge in [-0.05, 0) is 12.8 Å². The number of anilines is 1. The minimum atomic E-state index is -0.134. The van der Waals surface area contributed by atoms with E-state index in [4.69, 9.17) is 0 Å². The standard InChI is InChI=1S/C11H19N3OS/c1-2-4-12-11-13-6-10(16-11)8-14-5-3-9(15)7-14/h6,9,15H,2-5,7-8H2,1H3,(H,12,13). The quantitative estimate of drug-likeness (QED) is 0.821. The zero-order chi connectivity index (χ0) is 11.4. The maximum absolute atomic E-state index is 9.43. The summed E-state index contributed by atoms with van der Waals surface area (Å²) in [6.45, 7) is 5.84. The highest BCUT2D eigenvalue weighted by Gasteiger charge is 2.20. The Bertz CT molecular complexity index is 329. The summed E-state index contributed by atoms with van der Waals surface area (Å²) in [5.41, 5.74) is 0. The molecule has 0 aromatic carbocycles. The predicted octanol–water partition coefficient (Wildman–Crippen LogP) is 1.53. The molecule has 1 aliphatic heterocycles. The second-order valence-corrected chi connectivity index (χ2v) is 5.35. The molecule has 0 saturated carbocycles. The number of hydrogen-bond acceptors (Lipinski definition) is 5. The topological polar surface area (TPSA) is 48.4 Å². The van der Waals surface area contributed by atoms with Crippen LogP contribution in [0, 0.1) is 0 Å². The molecule has 4 nitrogen and oxygen atoms in total. The fraction of sp³-hybridized carbons (Fsp3) is 0.727. The molecule has 1 atom stereocenters. The first-order chi connectivity index (χ1) is 7.78. The largest absolute Gasteiger partial charge is 0.392 e. The van der Waals surface area contributed by atoms with Gasteiger partial charge in [0.15, 0.2) is 5.13 Å². The average molecular weight is 241 g/mol. The van der Waals surface area contributed by atoms with Crippen molar-refractivity contribution in [2.75, 3.05) is 25.0 Å². The van der Waals surface area contributed by atoms with Crippen LogP contribution < -0.4 is 5.32 Å². The molecule has 1 fully saturated rings. The van der Waals surface area contributed by atoms with Gasteiger partial charge in [0.2, 0.25) is 0 Å². The third-order valence-corrected chi connectivity index (χ3v) is 3.65. The van der Waals surface area contributed by atoms with Crippen molar-refractivity contribution in [2.45, 2.75) is 32.4 Å². The molecule has 0 spiro atoms. The van der Waals surface area contributed by atoms with Gasteiger partial charge in [-0.1, -0.05) is 6.92 Å². The summed E-state index contributed by atoms with van der Waals surface area (Å²) in [6, 6.07) is 0. The summed E-state index contributed by atoms with van der Waals surface area (Å²) in [5, 5.41) is 13.7. The van der Waals surface area contributed by atoms with Crippen LogP contribution >= 0.6 is 11.3 Å². The number of nitrogens with one attached hydrogen (secondary N) is 1. The van der Waals surface area contributed by atoms with Gasteiger partial charge in [-0.15, -0.1) is 11.3 Å². The minimum Gasteiger partial charge on any atom is -0.392 e. The smallest absolute Gasteiger partial charge is 0.182 e. The Kier molecular flexibility index (Phi) is 4.15. The second-order valence-electron chi connectivity index (χ2n) is 4.24. The van der Waals surface area contributed by atoms with Crippen LogP contribution in [0.3, 0.4) is 0 Å².